The molecule has 7 nitrogen and oxygen atoms in total. The van der Waals surface area contributed by atoms with Crippen molar-refractivity contribution in [2.24, 2.45) is 7.05 Å². The number of nitrogens with zero attached hydrogens (tertiary/aromatic N) is 5. The first-order valence-electron chi connectivity index (χ1n) is 8.31. The summed E-state index contributed by atoms with van der Waals surface area (Å²) in [6.45, 7) is 1.50. The lowest BCUT2D eigenvalue weighted by molar-refractivity contribution is 0.0694. The van der Waals surface area contributed by atoms with Crippen molar-refractivity contribution >= 4 is 17.5 Å². The Morgan fingerprint density at radius 3 is 2.73 bits per heavy atom. The van der Waals surface area contributed by atoms with E-state index in [4.69, 9.17) is 11.6 Å². The minimum atomic E-state index is -0.787. The van der Waals surface area contributed by atoms with E-state index in [1.807, 2.05) is 41.1 Å². The first-order valence-corrected chi connectivity index (χ1v) is 8.69. The number of hydrogen-bond donors (Lipinski definition) is 1. The fourth-order valence-electron chi connectivity index (χ4n) is 3.20. The molecule has 1 amide bonds. The van der Waals surface area contributed by atoms with Crippen molar-refractivity contribution in [1.29, 1.82) is 0 Å². The first-order chi connectivity index (χ1) is 12.5. The predicted octanol–water partition coefficient (Wildman–Crippen LogP) is 2.01. The summed E-state index contributed by atoms with van der Waals surface area (Å²) in [6.07, 6.45) is 0.682. The smallest absolute Gasteiger partial charge is 0.274 e. The number of aliphatic hydroxyl groups excluding tert-OH is 1. The molecular weight excluding hydrogens is 354 g/mol. The average Bonchev–Trinajstić information content (AvgIpc) is 3.23. The molecule has 1 unspecified atom stereocenters. The summed E-state index contributed by atoms with van der Waals surface area (Å²) in [6, 6.07) is 11.2. The summed E-state index contributed by atoms with van der Waals surface area (Å²) in [5.74, 6) is -0.160. The number of rotatable bonds is 3. The van der Waals surface area contributed by atoms with Gasteiger partial charge in [-0.2, -0.15) is 10.2 Å². The molecule has 0 radical (unpaired) electrons. The van der Waals surface area contributed by atoms with E-state index in [1.54, 1.807) is 11.9 Å². The molecule has 8 heteroatoms. The molecule has 3 heterocycles. The van der Waals surface area contributed by atoms with Crippen LogP contribution in [-0.4, -0.2) is 42.0 Å². The van der Waals surface area contributed by atoms with Gasteiger partial charge in [0.05, 0.1) is 35.7 Å². The Bertz CT molecular complexity index is 930. The van der Waals surface area contributed by atoms with Gasteiger partial charge < -0.3 is 10.0 Å². The Morgan fingerprint density at radius 2 is 2.04 bits per heavy atom. The van der Waals surface area contributed by atoms with E-state index in [2.05, 4.69) is 10.2 Å². The number of hydrogen-bond acceptors (Lipinski definition) is 4. The van der Waals surface area contributed by atoms with Gasteiger partial charge >= 0.3 is 0 Å². The number of aryl methyl sites for hydroxylation is 1. The number of fused-ring (bicyclic) bond motifs is 1. The Labute approximate surface area is 155 Å². The van der Waals surface area contributed by atoms with Gasteiger partial charge in [0.1, 0.15) is 11.8 Å². The molecule has 2 aromatic heterocycles. The third-order valence-electron chi connectivity index (χ3n) is 4.60. The van der Waals surface area contributed by atoms with Gasteiger partial charge in [0.2, 0.25) is 0 Å². The van der Waals surface area contributed by atoms with Gasteiger partial charge in [-0.3, -0.25) is 14.2 Å². The lowest BCUT2D eigenvalue weighted by Crippen LogP contribution is -2.39. The molecule has 1 aliphatic heterocycles. The van der Waals surface area contributed by atoms with E-state index in [-0.39, 0.29) is 5.91 Å². The highest BCUT2D eigenvalue weighted by Crippen LogP contribution is 2.25. The van der Waals surface area contributed by atoms with Crippen LogP contribution in [0.3, 0.4) is 0 Å². The third-order valence-corrected chi connectivity index (χ3v) is 4.87. The largest absolute Gasteiger partial charge is 0.382 e. The maximum atomic E-state index is 12.8. The van der Waals surface area contributed by atoms with Crippen LogP contribution in [0.5, 0.6) is 0 Å². The van der Waals surface area contributed by atoms with Crippen molar-refractivity contribution in [1.82, 2.24) is 24.5 Å². The fourth-order valence-corrected chi connectivity index (χ4v) is 3.45. The van der Waals surface area contributed by atoms with E-state index in [0.29, 0.717) is 36.0 Å². The van der Waals surface area contributed by atoms with Crippen LogP contribution in [0.25, 0.3) is 0 Å². The fraction of sp³-hybridized carbons (Fsp3) is 0.278. The Balaban J connectivity index is 1.56. The van der Waals surface area contributed by atoms with E-state index < -0.39 is 6.10 Å². The van der Waals surface area contributed by atoms with Crippen molar-refractivity contribution in [3.05, 3.63) is 70.3 Å². The molecule has 0 fully saturated rings. The summed E-state index contributed by atoms with van der Waals surface area (Å²) in [4.78, 5) is 14.5. The van der Waals surface area contributed by atoms with Crippen molar-refractivity contribution in [3.8, 4) is 0 Å². The minimum Gasteiger partial charge on any atom is -0.382 e. The standard InChI is InChI=1S/C18H18ClN5O2/c1-22-16(14(19)10-20-22)18(26)23-7-8-24-13(11-23)9-15(21-24)17(25)12-5-3-2-4-6-12/h2-6,9-10,17,25H,7-8,11H2,1H3. The lowest BCUT2D eigenvalue weighted by atomic mass is 10.1. The monoisotopic (exact) mass is 371 g/mol. The zero-order chi connectivity index (χ0) is 18.3. The summed E-state index contributed by atoms with van der Waals surface area (Å²) in [7, 11) is 1.70. The maximum absolute atomic E-state index is 12.8. The molecule has 1 atom stereocenters. The van der Waals surface area contributed by atoms with Crippen molar-refractivity contribution in [2.75, 3.05) is 6.54 Å². The highest BCUT2D eigenvalue weighted by Gasteiger charge is 2.28. The van der Waals surface area contributed by atoms with Crippen molar-refractivity contribution in [3.63, 3.8) is 0 Å². The van der Waals surface area contributed by atoms with Crippen LogP contribution in [0, 0.1) is 0 Å². The maximum Gasteiger partial charge on any atom is 0.274 e. The molecule has 0 bridgehead atoms. The second kappa shape index (κ2) is 6.59. The number of carbonyl (C=O) groups excluding carboxylic acids is 1. The minimum absolute atomic E-state index is 0.160. The quantitative estimate of drug-likeness (QED) is 0.764. The molecule has 1 N–H and O–H groups in total. The zero-order valence-corrected chi connectivity index (χ0v) is 15.0. The summed E-state index contributed by atoms with van der Waals surface area (Å²) in [5.41, 5.74) is 2.63. The van der Waals surface area contributed by atoms with Crippen LogP contribution in [0.15, 0.2) is 42.6 Å². The highest BCUT2D eigenvalue weighted by atomic mass is 35.5. The summed E-state index contributed by atoms with van der Waals surface area (Å²) in [5, 5.41) is 19.4. The molecule has 134 valence electrons. The Hall–Kier alpha value is -2.64. The van der Waals surface area contributed by atoms with Gasteiger partial charge in [-0.15, -0.1) is 0 Å². The number of amides is 1. The van der Waals surface area contributed by atoms with E-state index in [0.717, 1.165) is 11.3 Å². The number of aliphatic hydroxyl groups is 1. The van der Waals surface area contributed by atoms with Gasteiger partial charge in [0, 0.05) is 13.6 Å². The van der Waals surface area contributed by atoms with Gasteiger partial charge in [-0.05, 0) is 11.6 Å². The SMILES string of the molecule is Cn1ncc(Cl)c1C(=O)N1CCn2nc(C(O)c3ccccc3)cc2C1. The Morgan fingerprint density at radius 1 is 1.27 bits per heavy atom. The number of benzene rings is 1. The van der Waals surface area contributed by atoms with Crippen molar-refractivity contribution in [2.45, 2.75) is 19.2 Å². The second-order valence-corrected chi connectivity index (χ2v) is 6.70. The van der Waals surface area contributed by atoms with Crippen LogP contribution >= 0.6 is 11.6 Å². The Kier molecular flexibility index (Phi) is 4.26. The lowest BCUT2D eigenvalue weighted by Gasteiger charge is -2.27. The molecule has 0 aliphatic carbocycles. The van der Waals surface area contributed by atoms with Crippen LogP contribution in [0.2, 0.25) is 5.02 Å². The molecule has 0 saturated heterocycles. The van der Waals surface area contributed by atoms with Gasteiger partial charge in [-0.25, -0.2) is 0 Å². The topological polar surface area (TPSA) is 76.2 Å². The van der Waals surface area contributed by atoms with Crippen LogP contribution in [-0.2, 0) is 20.1 Å². The summed E-state index contributed by atoms with van der Waals surface area (Å²) >= 11 is 6.09. The molecule has 26 heavy (non-hydrogen) atoms. The van der Waals surface area contributed by atoms with E-state index in [9.17, 15) is 9.90 Å². The normalized spacial score (nSPS) is 15.0. The molecule has 1 aromatic carbocycles. The third kappa shape index (κ3) is 2.89. The van der Waals surface area contributed by atoms with Crippen molar-refractivity contribution < 1.29 is 9.90 Å². The molecule has 0 saturated carbocycles. The van der Waals surface area contributed by atoms with Crippen LogP contribution < -0.4 is 0 Å². The molecule has 3 aromatic rings. The summed E-state index contributed by atoms with van der Waals surface area (Å²) < 4.78 is 3.33. The second-order valence-electron chi connectivity index (χ2n) is 6.29. The molecule has 0 spiro atoms. The zero-order valence-electron chi connectivity index (χ0n) is 14.2. The predicted molar refractivity (Wildman–Crippen MR) is 95.7 cm³/mol. The number of halogens is 1. The van der Waals surface area contributed by atoms with E-state index in [1.165, 1.54) is 10.9 Å². The van der Waals surface area contributed by atoms with Gasteiger partial charge in [0.15, 0.2) is 0 Å². The van der Waals surface area contributed by atoms with Crippen LogP contribution in [0.4, 0.5) is 0 Å². The van der Waals surface area contributed by atoms with Crippen LogP contribution in [0.1, 0.15) is 33.5 Å². The molecule has 4 rings (SSSR count). The molecular formula is C18H18ClN5O2. The number of aromatic nitrogens is 4. The van der Waals surface area contributed by atoms with Gasteiger partial charge in [-0.1, -0.05) is 41.9 Å². The number of carbonyl (C=O) groups is 1. The first kappa shape index (κ1) is 16.8. The average molecular weight is 372 g/mol. The van der Waals surface area contributed by atoms with E-state index >= 15 is 0 Å². The van der Waals surface area contributed by atoms with Gasteiger partial charge in [0.25, 0.3) is 5.91 Å². The highest BCUT2D eigenvalue weighted by molar-refractivity contribution is 6.33. The molecule has 1 aliphatic rings.